The van der Waals surface area contributed by atoms with E-state index in [9.17, 15) is 14.7 Å². The Morgan fingerprint density at radius 2 is 2.07 bits per heavy atom. The predicted molar refractivity (Wildman–Crippen MR) is 116 cm³/mol. The Morgan fingerprint density at radius 1 is 1.27 bits per heavy atom. The molecular weight excluding hydrogens is 406 g/mol. The number of ether oxygens (including phenoxy) is 1. The summed E-state index contributed by atoms with van der Waals surface area (Å²) >= 11 is 5.93. The van der Waals surface area contributed by atoms with Crippen molar-refractivity contribution in [1.29, 1.82) is 0 Å². The molecule has 3 aromatic rings. The van der Waals surface area contributed by atoms with Crippen molar-refractivity contribution in [3.05, 3.63) is 92.4 Å². The number of aromatic hydroxyl groups is 1. The number of aromatic nitrogens is 1. The van der Waals surface area contributed by atoms with E-state index in [1.165, 1.54) is 36.1 Å². The molecule has 0 aliphatic heterocycles. The lowest BCUT2D eigenvalue weighted by Gasteiger charge is -2.08. The molecule has 2 N–H and O–H groups in total. The van der Waals surface area contributed by atoms with Gasteiger partial charge in [-0.3, -0.25) is 9.59 Å². The second-order valence-corrected chi connectivity index (χ2v) is 7.00. The first-order chi connectivity index (χ1) is 14.4. The summed E-state index contributed by atoms with van der Waals surface area (Å²) in [5.74, 6) is -0.636. The smallest absolute Gasteiger partial charge is 0.276 e. The minimum atomic E-state index is -0.633. The maximum atomic E-state index is 12.7. The molecule has 3 rings (SSSR count). The van der Waals surface area contributed by atoms with E-state index < -0.39 is 11.5 Å². The van der Waals surface area contributed by atoms with Crippen LogP contribution < -0.4 is 15.7 Å². The third kappa shape index (κ3) is 4.87. The third-order valence-electron chi connectivity index (χ3n) is 4.35. The number of carbonyl (C=O) groups is 1. The van der Waals surface area contributed by atoms with Gasteiger partial charge in [-0.05, 0) is 42.3 Å². The molecule has 0 spiro atoms. The number of methoxy groups -OCH3 is 1. The monoisotopic (exact) mass is 425 g/mol. The number of halogens is 1. The number of hydrazone groups is 1. The maximum Gasteiger partial charge on any atom is 0.276 e. The van der Waals surface area contributed by atoms with E-state index in [1.807, 2.05) is 31.2 Å². The van der Waals surface area contributed by atoms with Gasteiger partial charge in [0.1, 0.15) is 5.56 Å². The highest BCUT2D eigenvalue weighted by Crippen LogP contribution is 2.34. The fourth-order valence-electron chi connectivity index (χ4n) is 2.89. The van der Waals surface area contributed by atoms with E-state index in [1.54, 1.807) is 12.3 Å². The number of carbonyl (C=O) groups excluding carboxylic acids is 1. The lowest BCUT2D eigenvalue weighted by Crippen LogP contribution is -2.30. The van der Waals surface area contributed by atoms with Gasteiger partial charge in [-0.15, -0.1) is 0 Å². The van der Waals surface area contributed by atoms with E-state index in [4.69, 9.17) is 16.3 Å². The molecule has 154 valence electrons. The summed E-state index contributed by atoms with van der Waals surface area (Å²) in [6.45, 7) is 2.34. The van der Waals surface area contributed by atoms with Gasteiger partial charge in [0.25, 0.3) is 11.5 Å². The summed E-state index contributed by atoms with van der Waals surface area (Å²) in [5.41, 5.74) is 4.45. The van der Waals surface area contributed by atoms with Crippen molar-refractivity contribution in [2.24, 2.45) is 5.10 Å². The number of phenols is 1. The van der Waals surface area contributed by atoms with E-state index >= 15 is 0 Å². The number of phenolic OH excluding ortho intramolecular Hbond substituents is 1. The maximum absolute atomic E-state index is 12.7. The fourth-order valence-corrected chi connectivity index (χ4v) is 3.11. The molecule has 0 radical (unpaired) electrons. The number of hydrogen-bond acceptors (Lipinski definition) is 5. The van der Waals surface area contributed by atoms with Gasteiger partial charge in [0.15, 0.2) is 11.5 Å². The average molecular weight is 426 g/mol. The molecule has 8 heteroatoms. The molecule has 0 saturated carbocycles. The number of amides is 1. The van der Waals surface area contributed by atoms with Gasteiger partial charge >= 0.3 is 0 Å². The van der Waals surface area contributed by atoms with Crippen LogP contribution in [0, 0.1) is 6.92 Å². The Morgan fingerprint density at radius 3 is 2.80 bits per heavy atom. The van der Waals surface area contributed by atoms with Gasteiger partial charge < -0.3 is 14.4 Å². The standard InChI is InChI=1S/C22H20ClN3O4/c1-14-5-3-6-15(9-14)13-26-8-4-7-17(22(26)29)21(28)25-24-12-16-10-18(23)20(27)19(11-16)30-2/h3-12,27H,13H2,1-2H3,(H,25,28)/b24-12-. The van der Waals surface area contributed by atoms with Gasteiger partial charge in [-0.25, -0.2) is 5.43 Å². The third-order valence-corrected chi connectivity index (χ3v) is 4.64. The van der Waals surface area contributed by atoms with Gasteiger partial charge in [-0.2, -0.15) is 5.10 Å². The fraction of sp³-hybridized carbons (Fsp3) is 0.136. The van der Waals surface area contributed by atoms with Crippen LogP contribution in [0.5, 0.6) is 11.5 Å². The van der Waals surface area contributed by atoms with Crippen LogP contribution in [0.25, 0.3) is 0 Å². The Hall–Kier alpha value is -3.58. The molecule has 30 heavy (non-hydrogen) atoms. The lowest BCUT2D eigenvalue weighted by atomic mass is 10.1. The molecule has 0 fully saturated rings. The molecule has 1 heterocycles. The molecule has 0 atom stereocenters. The minimum absolute atomic E-state index is 0.0244. The van der Waals surface area contributed by atoms with Crippen molar-refractivity contribution in [1.82, 2.24) is 9.99 Å². The Kier molecular flexibility index (Phi) is 6.54. The second kappa shape index (κ2) is 9.28. The highest BCUT2D eigenvalue weighted by molar-refractivity contribution is 6.32. The first-order valence-electron chi connectivity index (χ1n) is 9.04. The van der Waals surface area contributed by atoms with Crippen LogP contribution >= 0.6 is 11.6 Å². The van der Waals surface area contributed by atoms with Gasteiger partial charge in [-0.1, -0.05) is 41.4 Å². The zero-order valence-electron chi connectivity index (χ0n) is 16.4. The second-order valence-electron chi connectivity index (χ2n) is 6.60. The van der Waals surface area contributed by atoms with Crippen molar-refractivity contribution in [3.8, 4) is 11.5 Å². The topological polar surface area (TPSA) is 92.9 Å². The zero-order chi connectivity index (χ0) is 21.7. The summed E-state index contributed by atoms with van der Waals surface area (Å²) in [6.07, 6.45) is 2.97. The molecule has 0 unspecified atom stereocenters. The predicted octanol–water partition coefficient (Wildman–Crippen LogP) is 3.34. The van der Waals surface area contributed by atoms with Crippen LogP contribution in [0.2, 0.25) is 5.02 Å². The van der Waals surface area contributed by atoms with E-state index in [2.05, 4.69) is 10.5 Å². The van der Waals surface area contributed by atoms with Crippen LogP contribution in [0.15, 0.2) is 64.6 Å². The lowest BCUT2D eigenvalue weighted by molar-refractivity contribution is 0.0953. The van der Waals surface area contributed by atoms with Crippen molar-refractivity contribution < 1.29 is 14.6 Å². The summed E-state index contributed by atoms with van der Waals surface area (Å²) in [4.78, 5) is 25.1. The van der Waals surface area contributed by atoms with E-state index in [0.717, 1.165) is 11.1 Å². The van der Waals surface area contributed by atoms with E-state index in [0.29, 0.717) is 12.1 Å². The average Bonchev–Trinajstić information content (AvgIpc) is 2.72. The SMILES string of the molecule is COc1cc(/C=N\NC(=O)c2cccn(Cc3cccc(C)c3)c2=O)cc(Cl)c1O. The quantitative estimate of drug-likeness (QED) is 0.468. The van der Waals surface area contributed by atoms with Crippen molar-refractivity contribution in [3.63, 3.8) is 0 Å². The largest absolute Gasteiger partial charge is 0.503 e. The molecule has 0 bridgehead atoms. The summed E-state index contributed by atoms with van der Waals surface area (Å²) < 4.78 is 6.49. The molecule has 1 aromatic heterocycles. The van der Waals surface area contributed by atoms with Crippen LogP contribution in [-0.2, 0) is 6.54 Å². The van der Waals surface area contributed by atoms with Crippen molar-refractivity contribution in [2.45, 2.75) is 13.5 Å². The molecular formula is C22H20ClN3O4. The minimum Gasteiger partial charge on any atom is -0.503 e. The zero-order valence-corrected chi connectivity index (χ0v) is 17.2. The number of benzene rings is 2. The van der Waals surface area contributed by atoms with Crippen LogP contribution in [0.3, 0.4) is 0 Å². The van der Waals surface area contributed by atoms with Gasteiger partial charge in [0, 0.05) is 6.20 Å². The Balaban J connectivity index is 1.75. The highest BCUT2D eigenvalue weighted by atomic mass is 35.5. The first kappa shape index (κ1) is 21.1. The van der Waals surface area contributed by atoms with Gasteiger partial charge in [0.2, 0.25) is 0 Å². The summed E-state index contributed by atoms with van der Waals surface area (Å²) in [6, 6.07) is 13.9. The number of nitrogens with one attached hydrogen (secondary N) is 1. The highest BCUT2D eigenvalue weighted by Gasteiger charge is 2.12. The number of hydrogen-bond donors (Lipinski definition) is 2. The number of pyridine rings is 1. The number of nitrogens with zero attached hydrogens (tertiary/aromatic N) is 2. The molecule has 0 aliphatic rings. The molecule has 0 aliphatic carbocycles. The molecule has 7 nitrogen and oxygen atoms in total. The summed E-state index contributed by atoms with van der Waals surface area (Å²) in [7, 11) is 1.39. The van der Waals surface area contributed by atoms with Crippen LogP contribution in [-0.4, -0.2) is 28.9 Å². The normalized spacial score (nSPS) is 10.9. The Bertz CT molecular complexity index is 1170. The Labute approximate surface area is 178 Å². The van der Waals surface area contributed by atoms with Gasteiger partial charge in [0.05, 0.1) is 24.9 Å². The van der Waals surface area contributed by atoms with Crippen molar-refractivity contribution >= 4 is 23.7 Å². The van der Waals surface area contributed by atoms with Crippen molar-refractivity contribution in [2.75, 3.05) is 7.11 Å². The molecule has 2 aromatic carbocycles. The number of aryl methyl sites for hydroxylation is 1. The number of rotatable bonds is 6. The molecule has 1 amide bonds. The van der Waals surface area contributed by atoms with Crippen LogP contribution in [0.4, 0.5) is 0 Å². The summed E-state index contributed by atoms with van der Waals surface area (Å²) in [5, 5.41) is 13.7. The first-order valence-corrected chi connectivity index (χ1v) is 9.41. The van der Waals surface area contributed by atoms with E-state index in [-0.39, 0.29) is 22.1 Å². The van der Waals surface area contributed by atoms with Crippen LogP contribution in [0.1, 0.15) is 27.0 Å². The molecule has 0 saturated heterocycles.